The molecule has 3 aliphatic rings. The van der Waals surface area contributed by atoms with Gasteiger partial charge in [-0.2, -0.15) is 8.42 Å². The Morgan fingerprint density at radius 2 is 1.48 bits per heavy atom. The second kappa shape index (κ2) is 29.1. The van der Waals surface area contributed by atoms with Gasteiger partial charge in [0.1, 0.15) is 66.0 Å². The number of amides is 8. The van der Waals surface area contributed by atoms with E-state index in [1.54, 1.807) is 30.3 Å². The number of phenols is 1. The molecule has 478 valence electrons. The summed E-state index contributed by atoms with van der Waals surface area (Å²) in [6.07, 6.45) is -15.3. The maximum absolute atomic E-state index is 14.6. The molecule has 3 fully saturated rings. The number of benzene rings is 3. The number of aliphatic hydroxyl groups excluding tert-OH is 8. The van der Waals surface area contributed by atoms with Gasteiger partial charge in [-0.1, -0.05) is 50.0 Å². The van der Waals surface area contributed by atoms with Crippen molar-refractivity contribution < 1.29 is 111 Å². The number of hydrogen-bond acceptors (Lipinski definition) is 23. The maximum Gasteiger partial charge on any atom is 0.446 e. The quantitative estimate of drug-likeness (QED) is 0.0331. The number of nitrogens with two attached hydrogens (primary N) is 1. The summed E-state index contributed by atoms with van der Waals surface area (Å²) < 4.78 is 48.0. The van der Waals surface area contributed by atoms with Gasteiger partial charge in [-0.15, -0.1) is 0 Å². The largest absolute Gasteiger partial charge is 0.504 e. The van der Waals surface area contributed by atoms with E-state index in [1.807, 2.05) is 10.6 Å². The summed E-state index contributed by atoms with van der Waals surface area (Å²) in [6, 6.07) is 3.57. The molecule has 0 radical (unpaired) electrons. The third kappa shape index (κ3) is 16.4. The second-order valence-electron chi connectivity index (χ2n) is 21.4. The summed E-state index contributed by atoms with van der Waals surface area (Å²) in [7, 11) is -5.35. The molecule has 0 spiro atoms. The summed E-state index contributed by atoms with van der Waals surface area (Å²) in [4.78, 5) is 114. The van der Waals surface area contributed by atoms with E-state index in [4.69, 9.17) is 15.0 Å². The van der Waals surface area contributed by atoms with Gasteiger partial charge in [0.15, 0.2) is 23.5 Å². The number of aromatic nitrogens is 1. The first-order valence-corrected chi connectivity index (χ1v) is 29.0. The van der Waals surface area contributed by atoms with Gasteiger partial charge < -0.3 is 102 Å². The van der Waals surface area contributed by atoms with Crippen molar-refractivity contribution in [3.05, 3.63) is 83.9 Å². The Kier molecular flexibility index (Phi) is 22.2. The summed E-state index contributed by atoms with van der Waals surface area (Å²) >= 11 is 0. The molecule has 33 heteroatoms. The van der Waals surface area contributed by atoms with E-state index in [1.165, 1.54) is 31.2 Å². The van der Waals surface area contributed by atoms with Gasteiger partial charge >= 0.3 is 10.4 Å². The molecule has 4 aromatic rings. The number of phenolic OH excluding ortho intramolecular Hbond substituents is 1. The van der Waals surface area contributed by atoms with Crippen LogP contribution in [-0.2, 0) is 44.0 Å². The number of unbranched alkanes of at least 4 members (excludes halogenated alkanes) is 2. The molecule has 0 saturated carbocycles. The zero-order valence-corrected chi connectivity index (χ0v) is 48.0. The van der Waals surface area contributed by atoms with Gasteiger partial charge in [-0.3, -0.25) is 42.9 Å². The highest BCUT2D eigenvalue weighted by atomic mass is 32.3. The van der Waals surface area contributed by atoms with Crippen LogP contribution in [0.2, 0.25) is 0 Å². The Bertz CT molecular complexity index is 3300. The average Bonchev–Trinajstić information content (AvgIpc) is 2.88. The van der Waals surface area contributed by atoms with E-state index in [0.29, 0.717) is 56.9 Å². The summed E-state index contributed by atoms with van der Waals surface area (Å²) in [6.45, 7) is 1.47. The van der Waals surface area contributed by atoms with E-state index < -0.39 is 199 Å². The van der Waals surface area contributed by atoms with Gasteiger partial charge in [0.25, 0.3) is 5.91 Å². The van der Waals surface area contributed by atoms with E-state index in [-0.39, 0.29) is 5.56 Å². The fourth-order valence-corrected chi connectivity index (χ4v) is 10.5. The number of aromatic hydroxyl groups is 1. The minimum absolute atomic E-state index is 0.105. The number of nitrogens with zero attached hydrogens (tertiary/aromatic N) is 3. The highest BCUT2D eigenvalue weighted by molar-refractivity contribution is 7.81. The van der Waals surface area contributed by atoms with Crippen LogP contribution in [0.5, 0.6) is 17.2 Å². The predicted octanol–water partition coefficient (Wildman–Crippen LogP) is -4.29. The number of ether oxygens (including phenoxy) is 1. The van der Waals surface area contributed by atoms with Crippen LogP contribution < -0.4 is 41.2 Å². The number of hydrogen-bond donors (Lipinski definition) is 16. The highest BCUT2D eigenvalue weighted by Crippen LogP contribution is 2.33. The molecule has 3 aromatic carbocycles. The molecule has 4 heterocycles. The van der Waals surface area contributed by atoms with Crippen molar-refractivity contribution >= 4 is 57.7 Å². The zero-order chi connectivity index (χ0) is 64.5. The fourth-order valence-electron chi connectivity index (χ4n) is 10.2. The Labute approximate surface area is 501 Å². The third-order valence-corrected chi connectivity index (χ3v) is 15.3. The first kappa shape index (κ1) is 67.1. The molecule has 14 atom stereocenters. The molecule has 17 N–H and O–H groups in total. The van der Waals surface area contributed by atoms with Gasteiger partial charge in [0.2, 0.25) is 41.4 Å². The standard InChI is InChI=1S/C55H69N9O23S/c1-3-4-5-16-85-31-13-10-27(11-14-31)39-20-32(62-86-39)26-6-8-28(9-7-26)48(74)57-33-19-38(69)51(77)61-53(79)44-45(71)25(2)22-64(44)55(81)42(37(68)21-41(56)70)59-52(78)43(47(73)46(72)29-12-15-36(67)40(17-29)87-88(82,83)84)60-50(76)35-18-30(66)23-63(35)54(80)34(24-65)58-49(33)75/h6-15,17,20,25,30,33-35,37-38,42-47,51,65-69,71-73,77H,3-5,16,18-19,21-24H2,1-2H3,(H2,56,70)(H,57,74)(H,58,75)(H,59,78)(H,60,76)(H,61,79)(H,82,83,84). The second-order valence-corrected chi connectivity index (χ2v) is 22.5. The molecule has 88 heavy (non-hydrogen) atoms. The van der Waals surface area contributed by atoms with Crippen LogP contribution in [-0.4, -0.2) is 220 Å². The van der Waals surface area contributed by atoms with Crippen LogP contribution in [0.4, 0.5) is 0 Å². The van der Waals surface area contributed by atoms with Crippen LogP contribution in [0.15, 0.2) is 77.3 Å². The van der Waals surface area contributed by atoms with Crippen LogP contribution in [0.25, 0.3) is 22.6 Å². The number of fused-ring (bicyclic) bond motifs is 2. The summed E-state index contributed by atoms with van der Waals surface area (Å²) in [5.74, 6) is -12.9. The predicted molar refractivity (Wildman–Crippen MR) is 299 cm³/mol. The monoisotopic (exact) mass is 1260 g/mol. The van der Waals surface area contributed by atoms with E-state index >= 15 is 0 Å². The van der Waals surface area contributed by atoms with Crippen molar-refractivity contribution in [1.29, 1.82) is 0 Å². The Balaban J connectivity index is 1.21. The Hall–Kier alpha value is -8.38. The average molecular weight is 1260 g/mol. The molecule has 14 unspecified atom stereocenters. The van der Waals surface area contributed by atoms with E-state index in [0.717, 1.165) is 25.3 Å². The van der Waals surface area contributed by atoms with Crippen molar-refractivity contribution in [2.75, 3.05) is 26.3 Å². The molecule has 1 aromatic heterocycles. The first-order valence-electron chi connectivity index (χ1n) is 27.7. The normalized spacial score (nSPS) is 26.2. The van der Waals surface area contributed by atoms with Crippen molar-refractivity contribution in [2.45, 2.75) is 131 Å². The van der Waals surface area contributed by atoms with Crippen LogP contribution >= 0.6 is 0 Å². The lowest BCUT2D eigenvalue weighted by atomic mass is 9.96. The lowest BCUT2D eigenvalue weighted by Crippen LogP contribution is -2.64. The Morgan fingerprint density at radius 1 is 0.807 bits per heavy atom. The molecule has 32 nitrogen and oxygen atoms in total. The van der Waals surface area contributed by atoms with Crippen LogP contribution in [0.1, 0.15) is 74.4 Å². The van der Waals surface area contributed by atoms with Gasteiger partial charge in [0.05, 0.1) is 37.9 Å². The highest BCUT2D eigenvalue weighted by Gasteiger charge is 2.50. The van der Waals surface area contributed by atoms with E-state index in [9.17, 15) is 97.3 Å². The zero-order valence-electron chi connectivity index (χ0n) is 47.2. The maximum atomic E-state index is 14.6. The minimum Gasteiger partial charge on any atom is -0.504 e. The number of aliphatic hydroxyl groups is 8. The summed E-state index contributed by atoms with van der Waals surface area (Å²) in [5.41, 5.74) is 6.16. The number of carbonyl (C=O) groups excluding carboxylic acids is 8. The lowest BCUT2D eigenvalue weighted by Gasteiger charge is -2.34. The van der Waals surface area contributed by atoms with Crippen molar-refractivity contribution in [3.8, 4) is 39.8 Å². The van der Waals surface area contributed by atoms with Crippen LogP contribution in [0, 0.1) is 5.92 Å². The van der Waals surface area contributed by atoms with Gasteiger partial charge in [-0.05, 0) is 60.5 Å². The molecule has 7 rings (SSSR count). The number of primary amides is 1. The van der Waals surface area contributed by atoms with Crippen molar-refractivity contribution in [1.82, 2.24) is 41.5 Å². The molecular weight excluding hydrogens is 1190 g/mol. The lowest BCUT2D eigenvalue weighted by molar-refractivity contribution is -0.149. The van der Waals surface area contributed by atoms with Crippen molar-refractivity contribution in [3.63, 3.8) is 0 Å². The molecule has 3 aliphatic heterocycles. The van der Waals surface area contributed by atoms with Gasteiger partial charge in [0, 0.05) is 54.6 Å². The SMILES string of the molecule is CCCCCOc1ccc(-c2cc(-c3ccc(C(=O)NC4CC(O)C(O)NC(=O)C5C(O)C(C)CN5C(=O)C(C(O)CC(N)=O)NC(=O)C(C(O)C(O)c5ccc(O)c(OS(=O)(=O)O)c5)NC(=O)C5CC(O)CN5C(=O)C(CO)NC4=O)cc3)no2)cc1. The number of rotatable bonds is 18. The number of nitrogens with one attached hydrogen (secondary N) is 5. The van der Waals surface area contributed by atoms with Crippen LogP contribution in [0.3, 0.4) is 0 Å². The molecule has 0 bridgehead atoms. The Morgan fingerprint density at radius 3 is 2.12 bits per heavy atom. The first-order chi connectivity index (χ1) is 41.6. The minimum atomic E-state index is -5.35. The molecule has 0 aliphatic carbocycles. The summed E-state index contributed by atoms with van der Waals surface area (Å²) in [5, 5.41) is 115. The molecular formula is C55H69N9O23S. The topological polar surface area (TPSA) is 510 Å². The smallest absolute Gasteiger partial charge is 0.446 e. The van der Waals surface area contributed by atoms with E-state index in [2.05, 4.69) is 32.2 Å². The third-order valence-electron chi connectivity index (χ3n) is 14.9. The molecule has 8 amide bonds. The fraction of sp³-hybridized carbons (Fsp3) is 0.473. The molecule has 3 saturated heterocycles. The number of carbonyl (C=O) groups is 8. The van der Waals surface area contributed by atoms with Crippen molar-refractivity contribution in [2.24, 2.45) is 11.7 Å². The van der Waals surface area contributed by atoms with Gasteiger partial charge in [-0.25, -0.2) is 0 Å².